The average Bonchev–Trinajstić information content (AvgIpc) is 3.44. The minimum atomic E-state index is -0.881. The van der Waals surface area contributed by atoms with Crippen LogP contribution in [0.4, 0.5) is 5.69 Å². The lowest BCUT2D eigenvalue weighted by atomic mass is 9.93. The summed E-state index contributed by atoms with van der Waals surface area (Å²) in [6, 6.07) is 9.35. The van der Waals surface area contributed by atoms with Gasteiger partial charge in [0.05, 0.1) is 30.8 Å². The first-order valence-corrected chi connectivity index (χ1v) is 10.6. The van der Waals surface area contributed by atoms with Gasteiger partial charge in [0.25, 0.3) is 17.4 Å². The Labute approximate surface area is 190 Å². The van der Waals surface area contributed by atoms with Crippen molar-refractivity contribution in [2.45, 2.75) is 37.8 Å². The Morgan fingerprint density at radius 1 is 1.06 bits per heavy atom. The highest BCUT2D eigenvalue weighted by Gasteiger charge is 2.50. The molecule has 2 aliphatic rings. The third-order valence-electron chi connectivity index (χ3n) is 6.28. The van der Waals surface area contributed by atoms with E-state index >= 15 is 0 Å². The van der Waals surface area contributed by atoms with Crippen LogP contribution in [0.3, 0.4) is 0 Å². The second-order valence-corrected chi connectivity index (χ2v) is 8.03. The number of ether oxygens (including phenoxy) is 2. The fraction of sp³-hybridized carbons (Fsp3) is 0.333. The van der Waals surface area contributed by atoms with E-state index in [9.17, 15) is 24.8 Å². The summed E-state index contributed by atoms with van der Waals surface area (Å²) in [5.41, 5.74) is 0.500. The van der Waals surface area contributed by atoms with Crippen molar-refractivity contribution in [3.05, 3.63) is 69.3 Å². The molecular weight excluding hydrogens is 428 g/mol. The predicted octanol–water partition coefficient (Wildman–Crippen LogP) is 3.98. The Balaban J connectivity index is 1.92. The number of methoxy groups -OCH3 is 2. The Morgan fingerprint density at radius 3 is 2.30 bits per heavy atom. The molecule has 33 heavy (non-hydrogen) atoms. The number of nitrogens with zero attached hydrogens (tertiary/aromatic N) is 2. The number of benzene rings is 2. The largest absolute Gasteiger partial charge is 0.507 e. The van der Waals surface area contributed by atoms with Gasteiger partial charge in [0.2, 0.25) is 0 Å². The van der Waals surface area contributed by atoms with Crippen LogP contribution in [0, 0.1) is 10.1 Å². The molecule has 0 aromatic heterocycles. The Bertz CT molecular complexity index is 1130. The number of aliphatic hydroxyl groups is 1. The fourth-order valence-electron chi connectivity index (χ4n) is 4.74. The molecule has 2 aromatic carbocycles. The minimum absolute atomic E-state index is 0.0766. The van der Waals surface area contributed by atoms with Crippen LogP contribution < -0.4 is 9.47 Å². The number of carbonyl (C=O) groups excluding carboxylic acids is 2. The van der Waals surface area contributed by atoms with Crippen molar-refractivity contribution in [2.75, 3.05) is 14.2 Å². The first-order chi connectivity index (χ1) is 15.9. The number of amides is 1. The quantitative estimate of drug-likeness (QED) is 0.231. The number of hydrogen-bond donors (Lipinski definition) is 1. The van der Waals surface area contributed by atoms with E-state index in [0.29, 0.717) is 17.1 Å². The van der Waals surface area contributed by atoms with E-state index in [4.69, 9.17) is 9.47 Å². The molecule has 1 aliphatic carbocycles. The number of likely N-dealkylation sites (tertiary alicyclic amines) is 1. The third kappa shape index (κ3) is 3.79. The molecular formula is C24H24N2O7. The molecule has 0 radical (unpaired) electrons. The first kappa shape index (κ1) is 22.3. The monoisotopic (exact) mass is 452 g/mol. The standard InChI is InChI=1S/C24H24N2O7/c1-32-18-9-5-8-17(23(18)33-2)20-19(21(27)14-10-12-16(13-11-14)26(30)31)22(28)24(29)25(20)15-6-3-4-7-15/h5,8-13,15,20,27H,3-4,6-7H2,1-2H3/b21-19-. The van der Waals surface area contributed by atoms with Crippen molar-refractivity contribution in [2.24, 2.45) is 0 Å². The van der Waals surface area contributed by atoms with Crippen molar-refractivity contribution >= 4 is 23.1 Å². The molecule has 1 saturated heterocycles. The molecule has 172 valence electrons. The number of rotatable bonds is 6. The van der Waals surface area contributed by atoms with Gasteiger partial charge in [-0.25, -0.2) is 0 Å². The van der Waals surface area contributed by atoms with E-state index in [2.05, 4.69) is 0 Å². The van der Waals surface area contributed by atoms with Gasteiger partial charge in [0.1, 0.15) is 5.76 Å². The highest BCUT2D eigenvalue weighted by atomic mass is 16.6. The molecule has 0 bridgehead atoms. The Morgan fingerprint density at radius 2 is 1.73 bits per heavy atom. The van der Waals surface area contributed by atoms with Gasteiger partial charge in [0.15, 0.2) is 11.5 Å². The highest BCUT2D eigenvalue weighted by molar-refractivity contribution is 6.46. The molecule has 0 spiro atoms. The van der Waals surface area contributed by atoms with Crippen LogP contribution >= 0.6 is 0 Å². The normalized spacial score (nSPS) is 20.3. The Hall–Kier alpha value is -3.88. The molecule has 4 rings (SSSR count). The molecule has 2 fully saturated rings. The van der Waals surface area contributed by atoms with Crippen molar-refractivity contribution in [1.29, 1.82) is 0 Å². The number of nitro benzene ring substituents is 1. The van der Waals surface area contributed by atoms with Gasteiger partial charge in [-0.05, 0) is 31.0 Å². The topological polar surface area (TPSA) is 119 Å². The number of carbonyl (C=O) groups is 2. The summed E-state index contributed by atoms with van der Waals surface area (Å²) in [5.74, 6) is -1.07. The summed E-state index contributed by atoms with van der Waals surface area (Å²) in [6.45, 7) is 0. The average molecular weight is 452 g/mol. The number of ketones is 1. The van der Waals surface area contributed by atoms with Crippen LogP contribution in [-0.4, -0.2) is 46.9 Å². The van der Waals surface area contributed by atoms with Gasteiger partial charge in [0, 0.05) is 29.3 Å². The fourth-order valence-corrected chi connectivity index (χ4v) is 4.74. The zero-order valence-corrected chi connectivity index (χ0v) is 18.3. The molecule has 9 nitrogen and oxygen atoms in total. The van der Waals surface area contributed by atoms with Gasteiger partial charge in [-0.15, -0.1) is 0 Å². The Kier molecular flexibility index (Phi) is 6.04. The maximum absolute atomic E-state index is 13.2. The van der Waals surface area contributed by atoms with Crippen LogP contribution in [0.2, 0.25) is 0 Å². The predicted molar refractivity (Wildman–Crippen MR) is 119 cm³/mol. The summed E-state index contributed by atoms with van der Waals surface area (Å²) in [7, 11) is 2.96. The van der Waals surface area contributed by atoms with E-state index in [-0.39, 0.29) is 22.9 Å². The SMILES string of the molecule is COc1cccc(C2/C(=C(/O)c3ccc([N+](=O)[O-])cc3)C(=O)C(=O)N2C2CCCC2)c1OC. The lowest BCUT2D eigenvalue weighted by molar-refractivity contribution is -0.384. The van der Waals surface area contributed by atoms with E-state index in [1.807, 2.05) is 0 Å². The summed E-state index contributed by atoms with van der Waals surface area (Å²) < 4.78 is 11.0. The lowest BCUT2D eigenvalue weighted by Crippen LogP contribution is -2.37. The summed E-state index contributed by atoms with van der Waals surface area (Å²) in [6.07, 6.45) is 3.40. The maximum atomic E-state index is 13.2. The summed E-state index contributed by atoms with van der Waals surface area (Å²) in [5, 5.41) is 22.1. The second-order valence-electron chi connectivity index (χ2n) is 8.03. The van der Waals surface area contributed by atoms with E-state index < -0.39 is 28.4 Å². The third-order valence-corrected chi connectivity index (χ3v) is 6.28. The van der Waals surface area contributed by atoms with Gasteiger partial charge in [-0.3, -0.25) is 19.7 Å². The van der Waals surface area contributed by atoms with Crippen LogP contribution in [0.25, 0.3) is 5.76 Å². The van der Waals surface area contributed by atoms with Crippen molar-refractivity contribution < 1.29 is 29.1 Å². The van der Waals surface area contributed by atoms with E-state index in [1.54, 1.807) is 23.1 Å². The number of nitro groups is 1. The zero-order chi connectivity index (χ0) is 23.7. The highest BCUT2D eigenvalue weighted by Crippen LogP contribution is 2.48. The summed E-state index contributed by atoms with van der Waals surface area (Å²) in [4.78, 5) is 38.4. The summed E-state index contributed by atoms with van der Waals surface area (Å²) >= 11 is 0. The second kappa shape index (κ2) is 8.93. The maximum Gasteiger partial charge on any atom is 0.295 e. The molecule has 2 aromatic rings. The van der Waals surface area contributed by atoms with Crippen molar-refractivity contribution in [3.63, 3.8) is 0 Å². The molecule has 1 heterocycles. The van der Waals surface area contributed by atoms with Crippen molar-refractivity contribution in [1.82, 2.24) is 4.90 Å². The minimum Gasteiger partial charge on any atom is -0.507 e. The van der Waals surface area contributed by atoms with Crippen LogP contribution in [0.15, 0.2) is 48.0 Å². The number of non-ortho nitro benzene ring substituents is 1. The molecule has 1 N–H and O–H groups in total. The number of hydrogen-bond acceptors (Lipinski definition) is 7. The van der Waals surface area contributed by atoms with E-state index in [1.165, 1.54) is 38.5 Å². The molecule has 1 unspecified atom stereocenters. The molecule has 1 atom stereocenters. The van der Waals surface area contributed by atoms with Crippen LogP contribution in [0.5, 0.6) is 11.5 Å². The molecule has 1 amide bonds. The lowest BCUT2D eigenvalue weighted by Gasteiger charge is -2.31. The van der Waals surface area contributed by atoms with E-state index in [0.717, 1.165) is 25.7 Å². The van der Waals surface area contributed by atoms with Gasteiger partial charge < -0.3 is 19.5 Å². The van der Waals surface area contributed by atoms with Gasteiger partial charge in [-0.1, -0.05) is 25.0 Å². The number of aliphatic hydroxyl groups excluding tert-OH is 1. The molecule has 1 aliphatic heterocycles. The smallest absolute Gasteiger partial charge is 0.295 e. The number of para-hydroxylation sites is 1. The van der Waals surface area contributed by atoms with Crippen LogP contribution in [-0.2, 0) is 9.59 Å². The molecule has 9 heteroatoms. The molecule has 1 saturated carbocycles. The van der Waals surface area contributed by atoms with Crippen LogP contribution in [0.1, 0.15) is 42.9 Å². The number of Topliss-reactive ketones (excluding diaryl/α,β-unsaturated/α-hetero) is 1. The van der Waals surface area contributed by atoms with Gasteiger partial charge in [-0.2, -0.15) is 0 Å². The zero-order valence-electron chi connectivity index (χ0n) is 18.3. The first-order valence-electron chi connectivity index (χ1n) is 10.6. The van der Waals surface area contributed by atoms with Gasteiger partial charge >= 0.3 is 0 Å². The van der Waals surface area contributed by atoms with Crippen molar-refractivity contribution in [3.8, 4) is 11.5 Å².